The van der Waals surface area contributed by atoms with E-state index in [1.165, 1.54) is 11.3 Å². The van der Waals surface area contributed by atoms with Gasteiger partial charge >= 0.3 is 0 Å². The highest BCUT2D eigenvalue weighted by atomic mass is 79.9. The van der Waals surface area contributed by atoms with Gasteiger partial charge in [-0.05, 0) is 47.3 Å². The van der Waals surface area contributed by atoms with Gasteiger partial charge in [-0.3, -0.25) is 4.72 Å². The zero-order valence-corrected chi connectivity index (χ0v) is 17.6. The Morgan fingerprint density at radius 3 is 2.57 bits per heavy atom. The number of rotatable bonds is 6. The molecule has 2 heterocycles. The van der Waals surface area contributed by atoms with Crippen LogP contribution in [0.1, 0.15) is 11.5 Å². The molecule has 6 nitrogen and oxygen atoms in total. The largest absolute Gasteiger partial charge is 0.339 e. The van der Waals surface area contributed by atoms with E-state index < -0.39 is 10.0 Å². The van der Waals surface area contributed by atoms with Crippen molar-refractivity contribution in [3.63, 3.8) is 0 Å². The Labute approximate surface area is 174 Å². The molecule has 2 aromatic heterocycles. The van der Waals surface area contributed by atoms with Crippen LogP contribution in [-0.4, -0.2) is 18.6 Å². The maximum absolute atomic E-state index is 12.7. The van der Waals surface area contributed by atoms with Crippen molar-refractivity contribution in [1.29, 1.82) is 0 Å². The summed E-state index contributed by atoms with van der Waals surface area (Å²) in [6.45, 7) is 0. The Bertz CT molecular complexity index is 1190. The van der Waals surface area contributed by atoms with Crippen LogP contribution in [0.4, 0.5) is 5.69 Å². The summed E-state index contributed by atoms with van der Waals surface area (Å²) in [4.78, 5) is 5.50. The molecule has 0 aliphatic heterocycles. The van der Waals surface area contributed by atoms with Crippen molar-refractivity contribution in [2.24, 2.45) is 0 Å². The molecule has 0 radical (unpaired) electrons. The molecule has 9 heteroatoms. The van der Waals surface area contributed by atoms with E-state index in [1.807, 2.05) is 29.6 Å². The van der Waals surface area contributed by atoms with Crippen molar-refractivity contribution >= 4 is 43.0 Å². The monoisotopic (exact) mass is 475 g/mol. The summed E-state index contributed by atoms with van der Waals surface area (Å²) in [5.41, 5.74) is 1.21. The maximum atomic E-state index is 12.7. The normalized spacial score (nSPS) is 11.5. The summed E-state index contributed by atoms with van der Waals surface area (Å²) in [7, 11) is -3.71. The molecule has 0 fully saturated rings. The second kappa shape index (κ2) is 7.86. The fourth-order valence-corrected chi connectivity index (χ4v) is 4.60. The van der Waals surface area contributed by atoms with Gasteiger partial charge in [0, 0.05) is 4.47 Å². The smallest absolute Gasteiger partial charge is 0.261 e. The van der Waals surface area contributed by atoms with E-state index in [9.17, 15) is 8.42 Å². The van der Waals surface area contributed by atoms with Crippen molar-refractivity contribution in [3.8, 4) is 10.7 Å². The van der Waals surface area contributed by atoms with Crippen molar-refractivity contribution < 1.29 is 12.9 Å². The van der Waals surface area contributed by atoms with E-state index in [0.29, 0.717) is 23.8 Å². The number of sulfonamides is 1. The SMILES string of the molecule is O=S(=O)(Nc1ccccc1Cc1nc(-c2cccs2)no1)c1ccc(Br)cc1. The fraction of sp³-hybridized carbons (Fsp3) is 0.0526. The number of anilines is 1. The first kappa shape index (κ1) is 18.9. The Hall–Kier alpha value is -2.49. The molecule has 0 aliphatic rings. The van der Waals surface area contributed by atoms with Gasteiger partial charge in [0.25, 0.3) is 10.0 Å². The lowest BCUT2D eigenvalue weighted by atomic mass is 10.1. The van der Waals surface area contributed by atoms with E-state index >= 15 is 0 Å². The third-order valence-electron chi connectivity index (χ3n) is 3.94. The molecule has 4 aromatic rings. The summed E-state index contributed by atoms with van der Waals surface area (Å²) in [6.07, 6.45) is 0.317. The molecule has 2 aromatic carbocycles. The van der Waals surface area contributed by atoms with Crippen molar-refractivity contribution in [2.75, 3.05) is 4.72 Å². The summed E-state index contributed by atoms with van der Waals surface area (Å²) >= 11 is 4.83. The van der Waals surface area contributed by atoms with Crippen LogP contribution in [0.5, 0.6) is 0 Å². The zero-order valence-electron chi connectivity index (χ0n) is 14.4. The number of nitrogens with zero attached hydrogens (tertiary/aromatic N) is 2. The van der Waals surface area contributed by atoms with E-state index in [-0.39, 0.29) is 4.90 Å². The lowest BCUT2D eigenvalue weighted by Gasteiger charge is -2.11. The number of halogens is 1. The summed E-state index contributed by atoms with van der Waals surface area (Å²) in [6, 6.07) is 17.4. The fourth-order valence-electron chi connectivity index (χ4n) is 2.59. The number of hydrogen-bond acceptors (Lipinski definition) is 6. The van der Waals surface area contributed by atoms with Gasteiger partial charge < -0.3 is 4.52 Å². The molecule has 4 rings (SSSR count). The highest BCUT2D eigenvalue weighted by Gasteiger charge is 2.17. The highest BCUT2D eigenvalue weighted by molar-refractivity contribution is 9.10. The van der Waals surface area contributed by atoms with Crippen molar-refractivity contribution in [1.82, 2.24) is 10.1 Å². The third kappa shape index (κ3) is 4.16. The number of thiophene rings is 1. The quantitative estimate of drug-likeness (QED) is 0.426. The zero-order chi connectivity index (χ0) is 19.6. The first-order valence-corrected chi connectivity index (χ1v) is 11.4. The Kier molecular flexibility index (Phi) is 5.29. The lowest BCUT2D eigenvalue weighted by Crippen LogP contribution is -2.14. The van der Waals surface area contributed by atoms with Crippen molar-refractivity contribution in [3.05, 3.63) is 82.0 Å². The summed E-state index contributed by atoms with van der Waals surface area (Å²) in [5.74, 6) is 0.941. The second-order valence-electron chi connectivity index (χ2n) is 5.88. The molecular weight excluding hydrogens is 462 g/mol. The van der Waals surface area contributed by atoms with Gasteiger partial charge in [-0.15, -0.1) is 11.3 Å². The van der Waals surface area contributed by atoms with Crippen LogP contribution in [0.25, 0.3) is 10.7 Å². The topological polar surface area (TPSA) is 85.1 Å². The predicted octanol–water partition coefficient (Wildman–Crippen LogP) is 4.95. The van der Waals surface area contributed by atoms with Crippen LogP contribution < -0.4 is 4.72 Å². The molecular formula is C19H14BrN3O3S2. The summed E-state index contributed by atoms with van der Waals surface area (Å²) in [5, 5.41) is 5.94. The van der Waals surface area contributed by atoms with Crippen molar-refractivity contribution in [2.45, 2.75) is 11.3 Å². The third-order valence-corrected chi connectivity index (χ3v) is 6.71. The molecule has 0 saturated heterocycles. The van der Waals surface area contributed by atoms with E-state index in [1.54, 1.807) is 36.4 Å². The van der Waals surface area contributed by atoms with Gasteiger partial charge in [-0.1, -0.05) is 45.4 Å². The molecule has 0 aliphatic carbocycles. The molecule has 0 unspecified atom stereocenters. The van der Waals surface area contributed by atoms with Gasteiger partial charge in [0.2, 0.25) is 11.7 Å². The summed E-state index contributed by atoms with van der Waals surface area (Å²) < 4.78 is 34.2. The lowest BCUT2D eigenvalue weighted by molar-refractivity contribution is 0.386. The molecule has 142 valence electrons. The first-order chi connectivity index (χ1) is 13.5. The molecule has 0 bridgehead atoms. The molecule has 0 saturated carbocycles. The molecule has 0 atom stereocenters. The van der Waals surface area contributed by atoms with Crippen LogP contribution in [0.3, 0.4) is 0 Å². The van der Waals surface area contributed by atoms with Gasteiger partial charge in [0.15, 0.2) is 0 Å². The van der Waals surface area contributed by atoms with Gasteiger partial charge in [-0.25, -0.2) is 8.42 Å². The standard InChI is InChI=1S/C19H14BrN3O3S2/c20-14-7-9-15(10-8-14)28(24,25)23-16-5-2-1-4-13(16)12-18-21-19(22-26-18)17-6-3-11-27-17/h1-11,23H,12H2. The van der Waals surface area contributed by atoms with E-state index in [4.69, 9.17) is 4.52 Å². The minimum Gasteiger partial charge on any atom is -0.339 e. The second-order valence-corrected chi connectivity index (χ2v) is 9.43. The minimum absolute atomic E-state index is 0.184. The molecule has 0 spiro atoms. The van der Waals surface area contributed by atoms with Crippen LogP contribution >= 0.6 is 27.3 Å². The average molecular weight is 476 g/mol. The number of para-hydroxylation sites is 1. The average Bonchev–Trinajstić information content (AvgIpc) is 3.35. The van der Waals surface area contributed by atoms with Gasteiger partial charge in [0.05, 0.1) is 21.9 Å². The predicted molar refractivity (Wildman–Crippen MR) is 112 cm³/mol. The number of nitrogens with one attached hydrogen (secondary N) is 1. The van der Waals surface area contributed by atoms with E-state index in [2.05, 4.69) is 30.8 Å². The number of benzene rings is 2. The van der Waals surface area contributed by atoms with Crippen LogP contribution in [0.2, 0.25) is 0 Å². The van der Waals surface area contributed by atoms with Gasteiger partial charge in [0.1, 0.15) is 0 Å². The van der Waals surface area contributed by atoms with E-state index in [0.717, 1.165) is 14.9 Å². The molecule has 1 N–H and O–H groups in total. The van der Waals surface area contributed by atoms with Crippen LogP contribution in [-0.2, 0) is 16.4 Å². The Morgan fingerprint density at radius 2 is 1.82 bits per heavy atom. The highest BCUT2D eigenvalue weighted by Crippen LogP contribution is 2.25. The minimum atomic E-state index is -3.71. The van der Waals surface area contributed by atoms with Crippen LogP contribution in [0, 0.1) is 0 Å². The first-order valence-electron chi connectivity index (χ1n) is 8.24. The van der Waals surface area contributed by atoms with Crippen LogP contribution in [0.15, 0.2) is 79.9 Å². The molecule has 0 amide bonds. The molecule has 28 heavy (non-hydrogen) atoms. The Morgan fingerprint density at radius 1 is 1.04 bits per heavy atom. The van der Waals surface area contributed by atoms with Gasteiger partial charge in [-0.2, -0.15) is 4.98 Å². The maximum Gasteiger partial charge on any atom is 0.261 e. The number of aromatic nitrogens is 2. The number of hydrogen-bond donors (Lipinski definition) is 1. The Balaban J connectivity index is 1.58.